The van der Waals surface area contributed by atoms with Crippen LogP contribution in [0.15, 0.2) is 72.8 Å². The minimum atomic E-state index is -0.616. The van der Waals surface area contributed by atoms with Crippen LogP contribution in [0.3, 0.4) is 0 Å². The molecule has 0 fully saturated rings. The number of pyridine rings is 1. The first kappa shape index (κ1) is 21.3. The van der Waals surface area contributed by atoms with E-state index in [4.69, 9.17) is 9.47 Å². The number of para-hydroxylation sites is 1. The number of benzene rings is 3. The molecule has 1 aliphatic rings. The molecule has 0 saturated carbocycles. The first-order valence-corrected chi connectivity index (χ1v) is 10.7. The third-order valence-electron chi connectivity index (χ3n) is 5.55. The zero-order valence-electron chi connectivity index (χ0n) is 18.3. The number of Topliss-reactive ketones (excluding diaryl/α,β-unsaturated/α-hetero) is 1. The van der Waals surface area contributed by atoms with E-state index in [1.165, 1.54) is 6.07 Å². The van der Waals surface area contributed by atoms with Gasteiger partial charge in [0.2, 0.25) is 0 Å². The number of aryl methyl sites for hydroxylation is 1. The Hall–Kier alpha value is -4.52. The van der Waals surface area contributed by atoms with Crippen LogP contribution in [0, 0.1) is 6.92 Å². The minimum Gasteiger partial charge on any atom is -0.482 e. The lowest BCUT2D eigenvalue weighted by atomic mass is 10.0. The SMILES string of the molecule is Cc1ccc(-c2cc(C(=O)OCC(=O)c3ccc4c(c3)NC(=O)CO4)c3ccccc3n2)cc1. The highest BCUT2D eigenvalue weighted by Crippen LogP contribution is 2.29. The highest BCUT2D eigenvalue weighted by molar-refractivity contribution is 6.06. The van der Waals surface area contributed by atoms with Gasteiger partial charge in [0, 0.05) is 16.5 Å². The van der Waals surface area contributed by atoms with Crippen molar-refractivity contribution in [3.63, 3.8) is 0 Å². The van der Waals surface area contributed by atoms with E-state index in [0.717, 1.165) is 11.1 Å². The summed E-state index contributed by atoms with van der Waals surface area (Å²) in [6.45, 7) is 1.49. The number of ether oxygens (including phenoxy) is 2. The summed E-state index contributed by atoms with van der Waals surface area (Å²) in [6.07, 6.45) is 0. The number of carbonyl (C=O) groups excluding carboxylic acids is 3. The van der Waals surface area contributed by atoms with Gasteiger partial charge in [-0.15, -0.1) is 0 Å². The summed E-state index contributed by atoms with van der Waals surface area (Å²) in [7, 11) is 0. The fraction of sp³-hybridized carbons (Fsp3) is 0.111. The number of carbonyl (C=O) groups is 3. The maximum absolute atomic E-state index is 13.0. The second-order valence-corrected chi connectivity index (χ2v) is 7.99. The highest BCUT2D eigenvalue weighted by atomic mass is 16.5. The molecule has 1 amide bonds. The zero-order chi connectivity index (χ0) is 23.7. The van der Waals surface area contributed by atoms with Crippen LogP contribution in [0.2, 0.25) is 0 Å². The Morgan fingerprint density at radius 2 is 1.82 bits per heavy atom. The van der Waals surface area contributed by atoms with Crippen molar-refractivity contribution in [2.75, 3.05) is 18.5 Å². The number of fused-ring (bicyclic) bond motifs is 2. The summed E-state index contributed by atoms with van der Waals surface area (Å²) in [5.41, 5.74) is 4.34. The molecule has 0 bridgehead atoms. The van der Waals surface area contributed by atoms with Gasteiger partial charge >= 0.3 is 5.97 Å². The third kappa shape index (κ3) is 4.23. The second-order valence-electron chi connectivity index (χ2n) is 7.99. The first-order valence-electron chi connectivity index (χ1n) is 10.7. The Kier molecular flexibility index (Phi) is 5.51. The molecule has 4 aromatic rings. The molecule has 1 N–H and O–H groups in total. The van der Waals surface area contributed by atoms with E-state index in [-0.39, 0.29) is 12.5 Å². The lowest BCUT2D eigenvalue weighted by Crippen LogP contribution is -2.25. The van der Waals surface area contributed by atoms with E-state index in [9.17, 15) is 14.4 Å². The van der Waals surface area contributed by atoms with Gasteiger partial charge in [-0.2, -0.15) is 0 Å². The molecular formula is C27H20N2O5. The van der Waals surface area contributed by atoms with Crippen molar-refractivity contribution in [3.05, 3.63) is 89.5 Å². The predicted octanol–water partition coefficient (Wildman–Crippen LogP) is 4.58. The van der Waals surface area contributed by atoms with Crippen LogP contribution in [0.5, 0.6) is 5.75 Å². The van der Waals surface area contributed by atoms with Gasteiger partial charge in [0.15, 0.2) is 19.0 Å². The van der Waals surface area contributed by atoms with E-state index in [2.05, 4.69) is 10.3 Å². The van der Waals surface area contributed by atoms with Crippen LogP contribution in [0.1, 0.15) is 26.3 Å². The minimum absolute atomic E-state index is 0.0671. The van der Waals surface area contributed by atoms with Crippen LogP contribution < -0.4 is 10.1 Å². The van der Waals surface area contributed by atoms with Crippen LogP contribution in [-0.2, 0) is 9.53 Å². The standard InChI is InChI=1S/C27H20N2O5/c1-16-6-8-17(9-7-16)22-13-20(19-4-2-3-5-21(19)28-22)27(32)34-14-24(30)18-10-11-25-23(12-18)29-26(31)15-33-25/h2-13H,14-15H2,1H3,(H,29,31). The highest BCUT2D eigenvalue weighted by Gasteiger charge is 2.20. The molecule has 3 aromatic carbocycles. The fourth-order valence-corrected chi connectivity index (χ4v) is 3.77. The number of aromatic nitrogens is 1. The van der Waals surface area contributed by atoms with E-state index in [0.29, 0.717) is 39.2 Å². The van der Waals surface area contributed by atoms with Crippen LogP contribution in [-0.4, -0.2) is 35.9 Å². The molecule has 34 heavy (non-hydrogen) atoms. The summed E-state index contributed by atoms with van der Waals surface area (Å²) in [5.74, 6) is -0.819. The molecule has 2 heterocycles. The van der Waals surface area contributed by atoms with Crippen molar-refractivity contribution in [3.8, 4) is 17.0 Å². The lowest BCUT2D eigenvalue weighted by molar-refractivity contribution is -0.118. The van der Waals surface area contributed by atoms with Gasteiger partial charge in [0.05, 0.1) is 22.5 Å². The molecule has 0 unspecified atom stereocenters. The molecule has 0 saturated heterocycles. The van der Waals surface area contributed by atoms with E-state index < -0.39 is 18.4 Å². The van der Waals surface area contributed by atoms with Crippen molar-refractivity contribution in [1.29, 1.82) is 0 Å². The van der Waals surface area contributed by atoms with Crippen LogP contribution in [0.4, 0.5) is 5.69 Å². The number of hydrogen-bond acceptors (Lipinski definition) is 6. The third-order valence-corrected chi connectivity index (χ3v) is 5.55. The number of amides is 1. The molecule has 168 valence electrons. The Morgan fingerprint density at radius 3 is 2.65 bits per heavy atom. The number of nitrogens with one attached hydrogen (secondary N) is 1. The van der Waals surface area contributed by atoms with Gasteiger partial charge in [0.25, 0.3) is 5.91 Å². The van der Waals surface area contributed by atoms with Crippen molar-refractivity contribution in [2.45, 2.75) is 6.92 Å². The smallest absolute Gasteiger partial charge is 0.339 e. The van der Waals surface area contributed by atoms with Crippen LogP contribution in [0.25, 0.3) is 22.2 Å². The van der Waals surface area contributed by atoms with Crippen molar-refractivity contribution in [2.24, 2.45) is 0 Å². The van der Waals surface area contributed by atoms with Crippen molar-refractivity contribution < 1.29 is 23.9 Å². The van der Waals surface area contributed by atoms with Gasteiger partial charge in [-0.05, 0) is 37.3 Å². The topological polar surface area (TPSA) is 94.6 Å². The summed E-state index contributed by atoms with van der Waals surface area (Å²) < 4.78 is 10.7. The molecule has 5 rings (SSSR count). The van der Waals surface area contributed by atoms with Gasteiger partial charge in [-0.3, -0.25) is 9.59 Å². The van der Waals surface area contributed by atoms with Crippen molar-refractivity contribution >= 4 is 34.3 Å². The summed E-state index contributed by atoms with van der Waals surface area (Å²) in [4.78, 5) is 41.9. The molecule has 0 aliphatic carbocycles. The monoisotopic (exact) mass is 452 g/mol. The average Bonchev–Trinajstić information content (AvgIpc) is 2.86. The molecule has 1 aliphatic heterocycles. The van der Waals surface area contributed by atoms with E-state index in [1.54, 1.807) is 24.3 Å². The van der Waals surface area contributed by atoms with Crippen molar-refractivity contribution in [1.82, 2.24) is 4.98 Å². The number of anilines is 1. The quantitative estimate of drug-likeness (QED) is 0.352. The maximum Gasteiger partial charge on any atom is 0.339 e. The van der Waals surface area contributed by atoms with Gasteiger partial charge in [0.1, 0.15) is 5.75 Å². The molecule has 1 aromatic heterocycles. The van der Waals surface area contributed by atoms with E-state index >= 15 is 0 Å². The number of nitrogens with zero attached hydrogens (tertiary/aromatic N) is 1. The Bertz CT molecular complexity index is 1440. The number of rotatable bonds is 5. The first-order chi connectivity index (χ1) is 16.5. The molecule has 7 nitrogen and oxygen atoms in total. The number of ketones is 1. The Morgan fingerprint density at radius 1 is 1.03 bits per heavy atom. The fourth-order valence-electron chi connectivity index (χ4n) is 3.77. The Labute approximate surface area is 195 Å². The van der Waals surface area contributed by atoms with Crippen LogP contribution >= 0.6 is 0 Å². The second kappa shape index (κ2) is 8.78. The molecular weight excluding hydrogens is 432 g/mol. The van der Waals surface area contributed by atoms with Gasteiger partial charge < -0.3 is 14.8 Å². The molecule has 7 heteroatoms. The summed E-state index contributed by atoms with van der Waals surface area (Å²) in [6, 6.07) is 21.5. The number of esters is 1. The summed E-state index contributed by atoms with van der Waals surface area (Å²) >= 11 is 0. The van der Waals surface area contributed by atoms with Gasteiger partial charge in [-0.25, -0.2) is 9.78 Å². The maximum atomic E-state index is 13.0. The van der Waals surface area contributed by atoms with Gasteiger partial charge in [-0.1, -0.05) is 48.0 Å². The molecule has 0 spiro atoms. The zero-order valence-corrected chi connectivity index (χ0v) is 18.3. The van der Waals surface area contributed by atoms with E-state index in [1.807, 2.05) is 49.4 Å². The molecule has 0 atom stereocenters. The number of hydrogen-bond donors (Lipinski definition) is 1. The average molecular weight is 452 g/mol. The summed E-state index contributed by atoms with van der Waals surface area (Å²) in [5, 5.41) is 3.30. The Balaban J connectivity index is 1.39. The predicted molar refractivity (Wildman–Crippen MR) is 127 cm³/mol. The lowest BCUT2D eigenvalue weighted by Gasteiger charge is -2.18. The molecule has 0 radical (unpaired) electrons. The largest absolute Gasteiger partial charge is 0.482 e. The normalized spacial score (nSPS) is 12.4.